The number of nitrogens with two attached hydrogens (primary N) is 1. The molecule has 1 heterocycles. The predicted octanol–water partition coefficient (Wildman–Crippen LogP) is 6.29. The minimum Gasteiger partial charge on any atom is -0.479 e. The van der Waals surface area contributed by atoms with Gasteiger partial charge in [0.15, 0.2) is 0 Å². The number of carboxylic acid groups (broad SMARTS) is 1. The smallest absolute Gasteiger partial charge is 0.332 e. The zero-order chi connectivity index (χ0) is 25.9. The zero-order valence-corrected chi connectivity index (χ0v) is 23.2. The lowest BCUT2D eigenvalue weighted by atomic mass is 10.0. The summed E-state index contributed by atoms with van der Waals surface area (Å²) in [4.78, 5) is 9.45. The fraction of sp³-hybridized carbons (Fsp3) is 0.964. The van der Waals surface area contributed by atoms with Gasteiger partial charge in [-0.3, -0.25) is 0 Å². The maximum atomic E-state index is 9.45. The summed E-state index contributed by atoms with van der Waals surface area (Å²) >= 11 is 0. The van der Waals surface area contributed by atoms with Crippen molar-refractivity contribution in [2.75, 3.05) is 26.2 Å². The number of aliphatic hydroxyl groups excluding tert-OH is 1. The van der Waals surface area contributed by atoms with E-state index in [1.54, 1.807) is 0 Å². The molecule has 0 aliphatic carbocycles. The fourth-order valence-electron chi connectivity index (χ4n) is 3.72. The van der Waals surface area contributed by atoms with Crippen molar-refractivity contribution in [1.29, 1.82) is 0 Å². The van der Waals surface area contributed by atoms with Crippen LogP contribution in [0.3, 0.4) is 0 Å². The number of unbranched alkanes of at least 4 members (excludes halogenated alkanes) is 12. The molecule has 1 aliphatic rings. The van der Waals surface area contributed by atoms with Crippen molar-refractivity contribution < 1.29 is 19.7 Å². The lowest BCUT2D eigenvalue weighted by Crippen LogP contribution is -2.38. The number of hydrogen-bond donors (Lipinski definition) is 4. The lowest BCUT2D eigenvalue weighted by Gasteiger charge is -2.23. The van der Waals surface area contributed by atoms with Crippen LogP contribution < -0.4 is 11.1 Å². The van der Waals surface area contributed by atoms with Crippen LogP contribution in [0, 0.1) is 5.92 Å². The average molecular weight is 489 g/mol. The molecule has 206 valence electrons. The van der Waals surface area contributed by atoms with Gasteiger partial charge >= 0.3 is 5.97 Å². The summed E-state index contributed by atoms with van der Waals surface area (Å²) in [6.45, 7) is 11.8. The van der Waals surface area contributed by atoms with Crippen molar-refractivity contribution in [2.24, 2.45) is 11.7 Å². The number of aliphatic carboxylic acids is 1. The quantitative estimate of drug-likeness (QED) is 0.169. The first-order valence-corrected chi connectivity index (χ1v) is 14.3. The third kappa shape index (κ3) is 31.3. The summed E-state index contributed by atoms with van der Waals surface area (Å²) in [5, 5.41) is 19.0. The second kappa shape index (κ2) is 28.5. The number of aliphatic hydroxyl groups is 1. The fourth-order valence-corrected chi connectivity index (χ4v) is 3.72. The molecule has 0 spiro atoms. The van der Waals surface area contributed by atoms with Crippen LogP contribution in [0.5, 0.6) is 0 Å². The number of carbonyl (C=O) groups is 1. The van der Waals surface area contributed by atoms with Crippen molar-refractivity contribution >= 4 is 5.97 Å². The van der Waals surface area contributed by atoms with Crippen LogP contribution in [-0.2, 0) is 9.53 Å². The first-order chi connectivity index (χ1) is 16.3. The van der Waals surface area contributed by atoms with Gasteiger partial charge in [-0.2, -0.15) is 0 Å². The van der Waals surface area contributed by atoms with Crippen LogP contribution >= 0.6 is 0 Å². The molecule has 0 aromatic rings. The number of carboxylic acids is 1. The van der Waals surface area contributed by atoms with Crippen molar-refractivity contribution in [3.8, 4) is 0 Å². The van der Waals surface area contributed by atoms with Gasteiger partial charge in [0, 0.05) is 13.1 Å². The first kappa shape index (κ1) is 35.5. The molecular formula is C28H60N2O4. The SMILES string of the molecule is CC(O)C(=O)O.CCCCCCCCCCCCCCCC(C)C.NCCCC1CNCCO1. The number of morpholine rings is 1. The number of hydrogen-bond acceptors (Lipinski definition) is 5. The van der Waals surface area contributed by atoms with Crippen LogP contribution in [0.4, 0.5) is 0 Å². The molecule has 1 fully saturated rings. The molecule has 6 heteroatoms. The van der Waals surface area contributed by atoms with E-state index in [0.717, 1.165) is 45.0 Å². The monoisotopic (exact) mass is 488 g/mol. The number of rotatable bonds is 18. The molecule has 0 aromatic heterocycles. The van der Waals surface area contributed by atoms with Crippen LogP contribution in [0.15, 0.2) is 0 Å². The Hall–Kier alpha value is -0.690. The lowest BCUT2D eigenvalue weighted by molar-refractivity contribution is -0.145. The standard InChI is InChI=1S/C18H38.C7H16N2O.C3H6O3/c1-4-5-6-7-8-9-10-11-12-13-14-15-16-17-18(2)3;8-3-1-2-7-6-9-4-5-10-7;1-2(4)3(5)6/h18H,4-17H2,1-3H3;7,9H,1-6,8H2;2,4H,1H3,(H,5,6). The van der Waals surface area contributed by atoms with Crippen LogP contribution in [0.25, 0.3) is 0 Å². The molecule has 0 radical (unpaired) electrons. The maximum Gasteiger partial charge on any atom is 0.332 e. The molecule has 34 heavy (non-hydrogen) atoms. The third-order valence-corrected chi connectivity index (χ3v) is 5.98. The van der Waals surface area contributed by atoms with Gasteiger partial charge in [-0.1, -0.05) is 111 Å². The van der Waals surface area contributed by atoms with E-state index in [1.807, 2.05) is 0 Å². The van der Waals surface area contributed by atoms with Crippen molar-refractivity contribution in [3.05, 3.63) is 0 Å². The molecule has 2 unspecified atom stereocenters. The minimum atomic E-state index is -1.23. The van der Waals surface area contributed by atoms with Crippen LogP contribution in [0.1, 0.15) is 130 Å². The highest BCUT2D eigenvalue weighted by Crippen LogP contribution is 2.14. The first-order valence-electron chi connectivity index (χ1n) is 14.3. The maximum absolute atomic E-state index is 9.45. The van der Waals surface area contributed by atoms with Gasteiger partial charge < -0.3 is 26.0 Å². The second-order valence-corrected chi connectivity index (χ2v) is 10.1. The molecule has 1 saturated heterocycles. The summed E-state index contributed by atoms with van der Waals surface area (Å²) in [5.41, 5.74) is 5.37. The van der Waals surface area contributed by atoms with Gasteiger partial charge in [-0.05, 0) is 32.2 Å². The van der Waals surface area contributed by atoms with Crippen LogP contribution in [0.2, 0.25) is 0 Å². The van der Waals surface area contributed by atoms with Gasteiger partial charge in [0.1, 0.15) is 6.10 Å². The van der Waals surface area contributed by atoms with Crippen molar-refractivity contribution in [1.82, 2.24) is 5.32 Å². The van der Waals surface area contributed by atoms with E-state index in [-0.39, 0.29) is 0 Å². The molecule has 6 nitrogen and oxygen atoms in total. The number of ether oxygens (including phenoxy) is 1. The van der Waals surface area contributed by atoms with Gasteiger partial charge in [0.25, 0.3) is 0 Å². The summed E-state index contributed by atoms with van der Waals surface area (Å²) in [5.74, 6) is -0.285. The summed E-state index contributed by atoms with van der Waals surface area (Å²) in [6.07, 6.45) is 21.8. The normalized spacial score (nSPS) is 16.3. The Morgan fingerprint density at radius 1 is 0.912 bits per heavy atom. The minimum absolute atomic E-state index is 0.414. The van der Waals surface area contributed by atoms with E-state index in [2.05, 4.69) is 26.1 Å². The topological polar surface area (TPSA) is 105 Å². The Labute approximate surface area is 211 Å². The molecule has 1 rings (SSSR count). The van der Waals surface area contributed by atoms with E-state index in [9.17, 15) is 4.79 Å². The zero-order valence-electron chi connectivity index (χ0n) is 23.2. The Morgan fingerprint density at radius 2 is 1.38 bits per heavy atom. The van der Waals surface area contributed by atoms with E-state index >= 15 is 0 Å². The summed E-state index contributed by atoms with van der Waals surface area (Å²) < 4.78 is 5.46. The van der Waals surface area contributed by atoms with E-state index in [1.165, 1.54) is 96.8 Å². The molecule has 0 amide bonds. The second-order valence-electron chi connectivity index (χ2n) is 10.1. The molecule has 0 bridgehead atoms. The summed E-state index contributed by atoms with van der Waals surface area (Å²) in [7, 11) is 0. The molecule has 2 atom stereocenters. The van der Waals surface area contributed by atoms with E-state index < -0.39 is 12.1 Å². The Bertz CT molecular complexity index is 400. The Morgan fingerprint density at radius 3 is 1.74 bits per heavy atom. The molecule has 5 N–H and O–H groups in total. The van der Waals surface area contributed by atoms with Crippen LogP contribution in [-0.4, -0.2) is 54.6 Å². The highest BCUT2D eigenvalue weighted by atomic mass is 16.5. The highest BCUT2D eigenvalue weighted by Gasteiger charge is 2.11. The molecule has 0 saturated carbocycles. The predicted molar refractivity (Wildman–Crippen MR) is 145 cm³/mol. The van der Waals surface area contributed by atoms with Gasteiger partial charge in [-0.15, -0.1) is 0 Å². The third-order valence-electron chi connectivity index (χ3n) is 5.98. The van der Waals surface area contributed by atoms with Crippen molar-refractivity contribution in [2.45, 2.75) is 143 Å². The Balaban J connectivity index is 0. The largest absolute Gasteiger partial charge is 0.479 e. The Kier molecular flexibility index (Phi) is 29.8. The average Bonchev–Trinajstić information content (AvgIpc) is 2.82. The van der Waals surface area contributed by atoms with E-state index in [0.29, 0.717) is 6.10 Å². The summed E-state index contributed by atoms with van der Waals surface area (Å²) in [6, 6.07) is 0. The van der Waals surface area contributed by atoms with Gasteiger partial charge in [-0.25, -0.2) is 4.79 Å². The van der Waals surface area contributed by atoms with Crippen molar-refractivity contribution in [3.63, 3.8) is 0 Å². The number of nitrogens with one attached hydrogen (secondary N) is 1. The van der Waals surface area contributed by atoms with E-state index in [4.69, 9.17) is 20.7 Å². The van der Waals surface area contributed by atoms with Gasteiger partial charge in [0.05, 0.1) is 12.7 Å². The van der Waals surface area contributed by atoms with Gasteiger partial charge in [0.2, 0.25) is 0 Å². The molecule has 1 aliphatic heterocycles. The highest BCUT2D eigenvalue weighted by molar-refractivity contribution is 5.71. The molecule has 0 aromatic carbocycles. The molecular weight excluding hydrogens is 428 g/mol.